The van der Waals surface area contributed by atoms with Gasteiger partial charge in [-0.2, -0.15) is 0 Å². The van der Waals surface area contributed by atoms with Gasteiger partial charge in [0.05, 0.1) is 28.5 Å². The molecule has 2 aromatic carbocycles. The predicted molar refractivity (Wildman–Crippen MR) is 77.9 cm³/mol. The Balaban J connectivity index is 2.00. The predicted octanol–water partition coefficient (Wildman–Crippen LogP) is 3.30. The summed E-state index contributed by atoms with van der Waals surface area (Å²) in [5, 5.41) is 5.85. The number of benzene rings is 2. The van der Waals surface area contributed by atoms with Crippen molar-refractivity contribution >= 4 is 40.3 Å². The molecular formula is C14H11ClFN3O. The van der Waals surface area contributed by atoms with Crippen molar-refractivity contribution in [2.24, 2.45) is 0 Å². The van der Waals surface area contributed by atoms with Gasteiger partial charge in [0.2, 0.25) is 5.91 Å². The Labute approximate surface area is 119 Å². The van der Waals surface area contributed by atoms with Crippen LogP contribution in [0, 0.1) is 5.82 Å². The second kappa shape index (κ2) is 4.68. The molecule has 0 aliphatic carbocycles. The Kier molecular flexibility index (Phi) is 2.99. The lowest BCUT2D eigenvalue weighted by Crippen LogP contribution is -2.03. The largest absolute Gasteiger partial charge is 0.397 e. The number of hydrogen-bond acceptors (Lipinski definition) is 3. The number of nitrogens with one attached hydrogen (secondary N) is 2. The number of carbonyl (C=O) groups is 1. The Hall–Kier alpha value is -2.27. The van der Waals surface area contributed by atoms with E-state index in [1.807, 2.05) is 0 Å². The van der Waals surface area contributed by atoms with Gasteiger partial charge in [-0.15, -0.1) is 0 Å². The van der Waals surface area contributed by atoms with E-state index in [-0.39, 0.29) is 16.6 Å². The van der Waals surface area contributed by atoms with Gasteiger partial charge in [0.25, 0.3) is 0 Å². The van der Waals surface area contributed by atoms with E-state index < -0.39 is 5.82 Å². The van der Waals surface area contributed by atoms with Crippen molar-refractivity contribution < 1.29 is 9.18 Å². The van der Waals surface area contributed by atoms with Gasteiger partial charge in [0.15, 0.2) is 0 Å². The number of para-hydroxylation sites is 1. The molecule has 1 heterocycles. The van der Waals surface area contributed by atoms with Gasteiger partial charge in [-0.3, -0.25) is 4.79 Å². The third-order valence-electron chi connectivity index (χ3n) is 3.12. The monoisotopic (exact) mass is 291 g/mol. The Bertz CT molecular complexity index is 698. The van der Waals surface area contributed by atoms with Crippen LogP contribution >= 0.6 is 11.6 Å². The minimum atomic E-state index is -0.471. The molecule has 1 aliphatic heterocycles. The van der Waals surface area contributed by atoms with Gasteiger partial charge in [0, 0.05) is 5.69 Å². The normalized spacial score (nSPS) is 13.0. The summed E-state index contributed by atoms with van der Waals surface area (Å²) < 4.78 is 13.7. The molecule has 0 saturated heterocycles. The molecule has 3 rings (SSSR count). The summed E-state index contributed by atoms with van der Waals surface area (Å²) in [5.41, 5.74) is 8.52. The van der Waals surface area contributed by atoms with E-state index >= 15 is 0 Å². The fraction of sp³-hybridized carbons (Fsp3) is 0.0714. The number of fused-ring (bicyclic) bond motifs is 1. The smallest absolute Gasteiger partial charge is 0.228 e. The summed E-state index contributed by atoms with van der Waals surface area (Å²) in [6.45, 7) is 0. The van der Waals surface area contributed by atoms with Crippen molar-refractivity contribution in [1.82, 2.24) is 0 Å². The molecule has 20 heavy (non-hydrogen) atoms. The number of nitrogens with two attached hydrogens (primary N) is 1. The van der Waals surface area contributed by atoms with Gasteiger partial charge in [0.1, 0.15) is 5.82 Å². The quantitative estimate of drug-likeness (QED) is 0.744. The molecule has 0 saturated carbocycles. The Morgan fingerprint density at radius 3 is 2.90 bits per heavy atom. The lowest BCUT2D eigenvalue weighted by atomic mass is 10.1. The molecule has 4 N–H and O–H groups in total. The number of anilines is 4. The molecule has 1 aliphatic rings. The van der Waals surface area contributed by atoms with E-state index in [2.05, 4.69) is 10.6 Å². The molecule has 0 aromatic heterocycles. The second-order valence-corrected chi connectivity index (χ2v) is 4.95. The Morgan fingerprint density at radius 1 is 1.35 bits per heavy atom. The van der Waals surface area contributed by atoms with E-state index in [1.54, 1.807) is 18.2 Å². The van der Waals surface area contributed by atoms with Gasteiger partial charge in [-0.25, -0.2) is 4.39 Å². The van der Waals surface area contributed by atoms with Crippen LogP contribution in [-0.2, 0) is 11.2 Å². The summed E-state index contributed by atoms with van der Waals surface area (Å²) in [6, 6.07) is 7.79. The van der Waals surface area contributed by atoms with Crippen molar-refractivity contribution in [1.29, 1.82) is 0 Å². The highest BCUT2D eigenvalue weighted by Crippen LogP contribution is 2.35. The van der Waals surface area contributed by atoms with Crippen LogP contribution < -0.4 is 16.4 Å². The van der Waals surface area contributed by atoms with Crippen LogP contribution in [0.1, 0.15) is 5.56 Å². The molecule has 0 spiro atoms. The molecule has 0 atom stereocenters. The van der Waals surface area contributed by atoms with E-state index in [4.69, 9.17) is 17.3 Å². The molecule has 0 unspecified atom stereocenters. The average Bonchev–Trinajstić information content (AvgIpc) is 2.73. The first kappa shape index (κ1) is 12.7. The summed E-state index contributed by atoms with van der Waals surface area (Å²) in [7, 11) is 0. The first-order valence-electron chi connectivity index (χ1n) is 5.98. The first-order chi connectivity index (χ1) is 9.54. The number of halogens is 2. The fourth-order valence-corrected chi connectivity index (χ4v) is 2.36. The lowest BCUT2D eigenvalue weighted by molar-refractivity contribution is -0.115. The lowest BCUT2D eigenvalue weighted by Gasteiger charge is -2.13. The highest BCUT2D eigenvalue weighted by molar-refractivity contribution is 6.33. The van der Waals surface area contributed by atoms with Crippen LogP contribution in [-0.4, -0.2) is 5.91 Å². The zero-order valence-corrected chi connectivity index (χ0v) is 11.1. The number of amides is 1. The molecule has 2 aromatic rings. The molecule has 4 nitrogen and oxygen atoms in total. The highest BCUT2D eigenvalue weighted by Gasteiger charge is 2.20. The molecular weight excluding hydrogens is 281 g/mol. The molecule has 6 heteroatoms. The van der Waals surface area contributed by atoms with Crippen molar-refractivity contribution in [3.8, 4) is 0 Å². The number of hydrogen-bond donors (Lipinski definition) is 3. The van der Waals surface area contributed by atoms with Crippen molar-refractivity contribution in [2.75, 3.05) is 16.4 Å². The maximum Gasteiger partial charge on any atom is 0.228 e. The summed E-state index contributed by atoms with van der Waals surface area (Å²) in [6.07, 6.45) is 0.306. The maximum atomic E-state index is 13.7. The molecule has 102 valence electrons. The molecule has 0 bridgehead atoms. The van der Waals surface area contributed by atoms with E-state index in [1.165, 1.54) is 12.1 Å². The van der Waals surface area contributed by atoms with E-state index in [9.17, 15) is 9.18 Å². The Morgan fingerprint density at radius 2 is 2.15 bits per heavy atom. The van der Waals surface area contributed by atoms with Crippen LogP contribution in [0.5, 0.6) is 0 Å². The second-order valence-electron chi connectivity index (χ2n) is 4.54. The number of carbonyl (C=O) groups excluding carboxylic acids is 1. The minimum absolute atomic E-state index is 0.0829. The van der Waals surface area contributed by atoms with Crippen molar-refractivity contribution in [3.05, 3.63) is 46.7 Å². The van der Waals surface area contributed by atoms with Crippen molar-refractivity contribution in [2.45, 2.75) is 6.42 Å². The average molecular weight is 292 g/mol. The zero-order chi connectivity index (χ0) is 14.3. The topological polar surface area (TPSA) is 67.2 Å². The molecule has 0 fully saturated rings. The fourth-order valence-electron chi connectivity index (χ4n) is 2.15. The van der Waals surface area contributed by atoms with E-state index in [0.717, 1.165) is 5.56 Å². The van der Waals surface area contributed by atoms with Crippen LogP contribution in [0.25, 0.3) is 0 Å². The number of rotatable bonds is 2. The van der Waals surface area contributed by atoms with Gasteiger partial charge in [-0.05, 0) is 29.8 Å². The SMILES string of the molecule is Nc1cc2c(cc1Nc1c(F)cccc1Cl)NC(=O)C2. The van der Waals surface area contributed by atoms with Gasteiger partial charge >= 0.3 is 0 Å². The molecule has 0 radical (unpaired) electrons. The highest BCUT2D eigenvalue weighted by atomic mass is 35.5. The van der Waals surface area contributed by atoms with E-state index in [0.29, 0.717) is 23.5 Å². The maximum absolute atomic E-state index is 13.7. The van der Waals surface area contributed by atoms with Crippen LogP contribution in [0.2, 0.25) is 5.02 Å². The number of nitrogen functional groups attached to an aromatic ring is 1. The minimum Gasteiger partial charge on any atom is -0.397 e. The summed E-state index contributed by atoms with van der Waals surface area (Å²) >= 11 is 5.96. The van der Waals surface area contributed by atoms with Crippen LogP contribution in [0.15, 0.2) is 30.3 Å². The standard InChI is InChI=1S/C14H11ClFN3O/c15-8-2-1-3-9(16)14(8)19-12-6-11-7(4-10(12)17)5-13(20)18-11/h1-4,6,19H,5,17H2,(H,18,20). The van der Waals surface area contributed by atoms with Crippen molar-refractivity contribution in [3.63, 3.8) is 0 Å². The third kappa shape index (κ3) is 2.16. The molecule has 1 amide bonds. The van der Waals surface area contributed by atoms with Gasteiger partial charge in [-0.1, -0.05) is 17.7 Å². The van der Waals surface area contributed by atoms with Gasteiger partial charge < -0.3 is 16.4 Å². The summed E-state index contributed by atoms with van der Waals surface area (Å²) in [5.74, 6) is -0.554. The zero-order valence-electron chi connectivity index (χ0n) is 10.3. The summed E-state index contributed by atoms with van der Waals surface area (Å²) in [4.78, 5) is 11.3. The van der Waals surface area contributed by atoms with Crippen LogP contribution in [0.3, 0.4) is 0 Å². The first-order valence-corrected chi connectivity index (χ1v) is 6.35. The van der Waals surface area contributed by atoms with Crippen LogP contribution in [0.4, 0.5) is 27.1 Å². The third-order valence-corrected chi connectivity index (χ3v) is 3.44.